The molecule has 4 nitrogen and oxygen atoms in total. The summed E-state index contributed by atoms with van der Waals surface area (Å²) in [5, 5.41) is 0.707. The normalized spacial score (nSPS) is 10.8. The van der Waals surface area contributed by atoms with Crippen LogP contribution in [0.25, 0.3) is 22.4 Å². The zero-order valence-electron chi connectivity index (χ0n) is 14.2. The maximum atomic E-state index is 5.98. The van der Waals surface area contributed by atoms with E-state index in [1.165, 1.54) is 0 Å². The Hall–Kier alpha value is -2.98. The largest absolute Gasteiger partial charge is 0.493 e. The summed E-state index contributed by atoms with van der Waals surface area (Å²) in [6.07, 6.45) is 0. The molecule has 0 aliphatic carbocycles. The van der Waals surface area contributed by atoms with Crippen molar-refractivity contribution in [1.29, 1.82) is 0 Å². The van der Waals surface area contributed by atoms with E-state index in [0.717, 1.165) is 28.0 Å². The molecule has 0 fully saturated rings. The van der Waals surface area contributed by atoms with Crippen LogP contribution in [0.5, 0.6) is 11.5 Å². The first kappa shape index (κ1) is 16.5. The molecule has 26 heavy (non-hydrogen) atoms. The highest BCUT2D eigenvalue weighted by Gasteiger charge is 2.11. The molecule has 3 aromatic carbocycles. The molecular formula is C21H17ClN2O2. The molecule has 0 saturated heterocycles. The number of nitrogens with zero attached hydrogens (tertiary/aromatic N) is 1. The number of benzene rings is 3. The van der Waals surface area contributed by atoms with Gasteiger partial charge in [0.25, 0.3) is 0 Å². The van der Waals surface area contributed by atoms with Crippen molar-refractivity contribution in [2.75, 3.05) is 7.11 Å². The van der Waals surface area contributed by atoms with Crippen molar-refractivity contribution in [2.45, 2.75) is 6.61 Å². The van der Waals surface area contributed by atoms with E-state index in [-0.39, 0.29) is 0 Å². The molecule has 0 bridgehead atoms. The van der Waals surface area contributed by atoms with Gasteiger partial charge in [0, 0.05) is 10.6 Å². The SMILES string of the molecule is COc1ccc(-c2nc3ccccc3[nH]2)cc1OCc1ccc(Cl)cc1. The van der Waals surface area contributed by atoms with Gasteiger partial charge in [-0.05, 0) is 48.0 Å². The molecule has 0 saturated carbocycles. The zero-order valence-corrected chi connectivity index (χ0v) is 15.0. The molecule has 0 spiro atoms. The van der Waals surface area contributed by atoms with E-state index >= 15 is 0 Å². The first-order chi connectivity index (χ1) is 12.7. The fourth-order valence-electron chi connectivity index (χ4n) is 2.77. The van der Waals surface area contributed by atoms with Crippen molar-refractivity contribution in [3.63, 3.8) is 0 Å². The first-order valence-corrected chi connectivity index (χ1v) is 8.61. The number of halogens is 1. The summed E-state index contributed by atoms with van der Waals surface area (Å²) >= 11 is 5.93. The summed E-state index contributed by atoms with van der Waals surface area (Å²) in [6.45, 7) is 0.428. The Morgan fingerprint density at radius 3 is 2.54 bits per heavy atom. The minimum atomic E-state index is 0.428. The Balaban J connectivity index is 1.63. The number of fused-ring (bicyclic) bond motifs is 1. The van der Waals surface area contributed by atoms with E-state index in [4.69, 9.17) is 21.1 Å². The number of para-hydroxylation sites is 2. The second kappa shape index (κ2) is 7.10. The van der Waals surface area contributed by atoms with Crippen LogP contribution in [0.1, 0.15) is 5.56 Å². The number of aromatic nitrogens is 2. The molecule has 1 N–H and O–H groups in total. The number of aromatic amines is 1. The van der Waals surface area contributed by atoms with Gasteiger partial charge >= 0.3 is 0 Å². The van der Waals surface area contributed by atoms with E-state index in [2.05, 4.69) is 9.97 Å². The fourth-order valence-corrected chi connectivity index (χ4v) is 2.89. The molecular weight excluding hydrogens is 348 g/mol. The summed E-state index contributed by atoms with van der Waals surface area (Å²) in [6, 6.07) is 21.3. The van der Waals surface area contributed by atoms with Crippen LogP contribution in [0.15, 0.2) is 66.7 Å². The summed E-state index contributed by atoms with van der Waals surface area (Å²) in [4.78, 5) is 7.98. The second-order valence-electron chi connectivity index (χ2n) is 5.88. The number of methoxy groups -OCH3 is 1. The standard InChI is InChI=1S/C21H17ClN2O2/c1-25-19-11-8-15(21-23-17-4-2-3-5-18(17)24-21)12-20(19)26-13-14-6-9-16(22)10-7-14/h2-12H,13H2,1H3,(H,23,24). The highest BCUT2D eigenvalue weighted by Crippen LogP contribution is 2.33. The van der Waals surface area contributed by atoms with E-state index in [9.17, 15) is 0 Å². The third-order valence-electron chi connectivity index (χ3n) is 4.13. The molecule has 5 heteroatoms. The van der Waals surface area contributed by atoms with Crippen LogP contribution in [0.3, 0.4) is 0 Å². The molecule has 0 aliphatic heterocycles. The predicted octanol–water partition coefficient (Wildman–Crippen LogP) is 5.47. The molecule has 0 amide bonds. The lowest BCUT2D eigenvalue weighted by molar-refractivity contribution is 0.284. The Bertz CT molecular complexity index is 1010. The topological polar surface area (TPSA) is 47.1 Å². The van der Waals surface area contributed by atoms with E-state index in [1.807, 2.05) is 66.7 Å². The van der Waals surface area contributed by atoms with E-state index in [1.54, 1.807) is 7.11 Å². The van der Waals surface area contributed by atoms with E-state index < -0.39 is 0 Å². The number of H-pyrrole nitrogens is 1. The predicted molar refractivity (Wildman–Crippen MR) is 104 cm³/mol. The van der Waals surface area contributed by atoms with Gasteiger partial charge < -0.3 is 14.5 Å². The summed E-state index contributed by atoms with van der Waals surface area (Å²) < 4.78 is 11.4. The van der Waals surface area contributed by atoms with Gasteiger partial charge in [0.05, 0.1) is 18.1 Å². The van der Waals surface area contributed by atoms with Crippen LogP contribution in [0.2, 0.25) is 5.02 Å². The zero-order chi connectivity index (χ0) is 17.9. The maximum absolute atomic E-state index is 5.98. The Morgan fingerprint density at radius 2 is 1.77 bits per heavy atom. The third kappa shape index (κ3) is 3.37. The van der Waals surface area contributed by atoms with Gasteiger partial charge in [-0.3, -0.25) is 0 Å². The molecule has 1 heterocycles. The van der Waals surface area contributed by atoms with Crippen LogP contribution < -0.4 is 9.47 Å². The average Bonchev–Trinajstić information content (AvgIpc) is 3.11. The number of imidazole rings is 1. The van der Waals surface area contributed by atoms with Gasteiger partial charge in [0.15, 0.2) is 11.5 Å². The maximum Gasteiger partial charge on any atom is 0.162 e. The van der Waals surface area contributed by atoms with Crippen LogP contribution >= 0.6 is 11.6 Å². The number of ether oxygens (including phenoxy) is 2. The Morgan fingerprint density at radius 1 is 0.962 bits per heavy atom. The van der Waals surface area contributed by atoms with Crippen molar-refractivity contribution < 1.29 is 9.47 Å². The Kier molecular flexibility index (Phi) is 4.50. The van der Waals surface area contributed by atoms with Crippen molar-refractivity contribution in [3.05, 3.63) is 77.3 Å². The molecule has 0 radical (unpaired) electrons. The second-order valence-corrected chi connectivity index (χ2v) is 6.32. The molecule has 0 aliphatic rings. The van der Waals surface area contributed by atoms with Gasteiger partial charge in [-0.1, -0.05) is 35.9 Å². The minimum absolute atomic E-state index is 0.428. The van der Waals surface area contributed by atoms with Crippen LogP contribution in [-0.2, 0) is 6.61 Å². The lowest BCUT2D eigenvalue weighted by Gasteiger charge is -2.12. The number of hydrogen-bond donors (Lipinski definition) is 1. The molecule has 0 unspecified atom stereocenters. The molecule has 1 aromatic heterocycles. The molecule has 130 valence electrons. The van der Waals surface area contributed by atoms with Gasteiger partial charge in [0.2, 0.25) is 0 Å². The summed E-state index contributed by atoms with van der Waals surface area (Å²) in [5.41, 5.74) is 3.91. The average molecular weight is 365 g/mol. The van der Waals surface area contributed by atoms with Crippen molar-refractivity contribution in [1.82, 2.24) is 9.97 Å². The van der Waals surface area contributed by atoms with Gasteiger partial charge in [0.1, 0.15) is 12.4 Å². The van der Waals surface area contributed by atoms with Crippen LogP contribution in [0.4, 0.5) is 0 Å². The Labute approximate surface area is 156 Å². The van der Waals surface area contributed by atoms with E-state index in [0.29, 0.717) is 23.1 Å². The van der Waals surface area contributed by atoms with Crippen molar-refractivity contribution >= 4 is 22.6 Å². The highest BCUT2D eigenvalue weighted by atomic mass is 35.5. The smallest absolute Gasteiger partial charge is 0.162 e. The van der Waals surface area contributed by atoms with Crippen molar-refractivity contribution in [3.8, 4) is 22.9 Å². The minimum Gasteiger partial charge on any atom is -0.493 e. The quantitative estimate of drug-likeness (QED) is 0.510. The van der Waals surface area contributed by atoms with Crippen LogP contribution in [-0.4, -0.2) is 17.1 Å². The molecule has 4 rings (SSSR count). The monoisotopic (exact) mass is 364 g/mol. The lowest BCUT2D eigenvalue weighted by atomic mass is 10.2. The number of rotatable bonds is 5. The third-order valence-corrected chi connectivity index (χ3v) is 4.39. The molecule has 0 atom stereocenters. The van der Waals surface area contributed by atoms with Gasteiger partial charge in [-0.15, -0.1) is 0 Å². The van der Waals surface area contributed by atoms with Gasteiger partial charge in [-0.25, -0.2) is 4.98 Å². The van der Waals surface area contributed by atoms with Crippen LogP contribution in [0, 0.1) is 0 Å². The van der Waals surface area contributed by atoms with Crippen molar-refractivity contribution in [2.24, 2.45) is 0 Å². The number of nitrogens with one attached hydrogen (secondary N) is 1. The molecule has 4 aromatic rings. The van der Waals surface area contributed by atoms with Gasteiger partial charge in [-0.2, -0.15) is 0 Å². The first-order valence-electron chi connectivity index (χ1n) is 8.23. The number of hydrogen-bond acceptors (Lipinski definition) is 3. The summed E-state index contributed by atoms with van der Waals surface area (Å²) in [5.74, 6) is 2.14. The fraction of sp³-hybridized carbons (Fsp3) is 0.0952. The highest BCUT2D eigenvalue weighted by molar-refractivity contribution is 6.30. The summed E-state index contributed by atoms with van der Waals surface area (Å²) in [7, 11) is 1.63. The lowest BCUT2D eigenvalue weighted by Crippen LogP contribution is -1.98.